The number of anilines is 1. The van der Waals surface area contributed by atoms with Crippen LogP contribution < -0.4 is 11.1 Å². The Labute approximate surface area is 110 Å². The van der Waals surface area contributed by atoms with Gasteiger partial charge in [0.25, 0.3) is 0 Å². The highest BCUT2D eigenvalue weighted by Gasteiger charge is 2.00. The minimum Gasteiger partial charge on any atom is -0.351 e. The van der Waals surface area contributed by atoms with E-state index in [4.69, 9.17) is 5.73 Å². The van der Waals surface area contributed by atoms with Crippen molar-refractivity contribution in [3.63, 3.8) is 0 Å². The average Bonchev–Trinajstić information content (AvgIpc) is 2.98. The van der Waals surface area contributed by atoms with Gasteiger partial charge in [-0.1, -0.05) is 36.4 Å². The normalized spacial score (nSPS) is 9.47. The number of carbonyl (C=O) groups excluding carboxylic acids is 1. The molecule has 0 atom stereocenters. The minimum absolute atomic E-state index is 0.540. The summed E-state index contributed by atoms with van der Waals surface area (Å²) >= 11 is 0. The molecule has 5 nitrogen and oxygen atoms in total. The maximum atomic E-state index is 10.7. The van der Waals surface area contributed by atoms with Crippen molar-refractivity contribution < 1.29 is 4.79 Å². The summed E-state index contributed by atoms with van der Waals surface area (Å²) in [6.45, 7) is 0. The first-order chi connectivity index (χ1) is 9.27. The van der Waals surface area contributed by atoms with Crippen LogP contribution in [0.15, 0.2) is 60.9 Å². The molecule has 0 saturated heterocycles. The lowest BCUT2D eigenvalue weighted by molar-refractivity contribution is 0.259. The molecule has 4 N–H and O–H groups in total. The standard InChI is InChI=1S/C11H10N2O.C3H4N2/c12-11(14)13-10-7-3-5-8-4-1-2-6-9(8)10;1-2-4-5-3-1/h1-7H,(H3,12,13,14);1-3H,(H,4,5). The summed E-state index contributed by atoms with van der Waals surface area (Å²) in [6.07, 6.45) is 3.46. The van der Waals surface area contributed by atoms with E-state index >= 15 is 0 Å². The molecule has 0 spiro atoms. The fraction of sp³-hybridized carbons (Fsp3) is 0. The van der Waals surface area contributed by atoms with Crippen molar-refractivity contribution >= 4 is 22.5 Å². The topological polar surface area (TPSA) is 83.8 Å². The minimum atomic E-state index is -0.540. The molecular formula is C14H14N4O. The number of amides is 2. The van der Waals surface area contributed by atoms with Crippen LogP contribution in [0.2, 0.25) is 0 Å². The molecule has 2 aromatic carbocycles. The van der Waals surface area contributed by atoms with Crippen LogP contribution in [-0.2, 0) is 0 Å². The number of urea groups is 1. The third kappa shape index (κ3) is 3.57. The lowest BCUT2D eigenvalue weighted by Crippen LogP contribution is -2.19. The van der Waals surface area contributed by atoms with Gasteiger partial charge in [0.1, 0.15) is 0 Å². The lowest BCUT2D eigenvalue weighted by Gasteiger charge is -2.05. The van der Waals surface area contributed by atoms with E-state index < -0.39 is 6.03 Å². The highest BCUT2D eigenvalue weighted by atomic mass is 16.2. The lowest BCUT2D eigenvalue weighted by atomic mass is 10.1. The van der Waals surface area contributed by atoms with Gasteiger partial charge in [-0.25, -0.2) is 4.79 Å². The second-order valence-corrected chi connectivity index (χ2v) is 3.78. The Balaban J connectivity index is 0.000000224. The van der Waals surface area contributed by atoms with Crippen LogP contribution in [0.1, 0.15) is 0 Å². The maximum Gasteiger partial charge on any atom is 0.316 e. The molecule has 0 aliphatic rings. The predicted molar refractivity (Wildman–Crippen MR) is 75.7 cm³/mol. The van der Waals surface area contributed by atoms with Gasteiger partial charge in [-0.05, 0) is 17.5 Å². The van der Waals surface area contributed by atoms with Crippen molar-refractivity contribution in [1.29, 1.82) is 0 Å². The SMILES string of the molecule is NC(=O)Nc1cccc2ccccc12.c1cn[nH]c1. The number of nitrogens with zero attached hydrogens (tertiary/aromatic N) is 1. The molecule has 3 rings (SSSR count). The zero-order valence-electron chi connectivity index (χ0n) is 10.2. The van der Waals surface area contributed by atoms with Gasteiger partial charge in [-0.15, -0.1) is 0 Å². The first-order valence-corrected chi connectivity index (χ1v) is 5.75. The number of nitrogens with one attached hydrogen (secondary N) is 2. The Bertz CT molecular complexity index is 627. The summed E-state index contributed by atoms with van der Waals surface area (Å²) in [5.41, 5.74) is 5.81. The number of hydrogen-bond donors (Lipinski definition) is 3. The smallest absolute Gasteiger partial charge is 0.316 e. The molecule has 0 bridgehead atoms. The first kappa shape index (κ1) is 12.6. The van der Waals surface area contributed by atoms with Crippen molar-refractivity contribution in [1.82, 2.24) is 10.2 Å². The van der Waals surface area contributed by atoms with Gasteiger partial charge in [-0.2, -0.15) is 5.10 Å². The van der Waals surface area contributed by atoms with Gasteiger partial charge in [0.15, 0.2) is 0 Å². The highest BCUT2D eigenvalue weighted by molar-refractivity contribution is 6.00. The van der Waals surface area contributed by atoms with Gasteiger partial charge < -0.3 is 11.1 Å². The molecule has 3 aromatic rings. The molecule has 0 radical (unpaired) electrons. The number of benzene rings is 2. The van der Waals surface area contributed by atoms with Crippen molar-refractivity contribution in [3.8, 4) is 0 Å². The van der Waals surface area contributed by atoms with E-state index in [2.05, 4.69) is 15.5 Å². The van der Waals surface area contributed by atoms with E-state index in [1.165, 1.54) is 0 Å². The summed E-state index contributed by atoms with van der Waals surface area (Å²) in [5, 5.41) is 10.9. The highest BCUT2D eigenvalue weighted by Crippen LogP contribution is 2.22. The molecule has 5 heteroatoms. The summed E-state index contributed by atoms with van der Waals surface area (Å²) in [5.74, 6) is 0. The van der Waals surface area contributed by atoms with E-state index in [0.717, 1.165) is 16.5 Å². The van der Waals surface area contributed by atoms with Crippen molar-refractivity contribution in [2.75, 3.05) is 5.32 Å². The van der Waals surface area contributed by atoms with Crippen LogP contribution in [0.5, 0.6) is 0 Å². The maximum absolute atomic E-state index is 10.7. The second kappa shape index (κ2) is 6.20. The molecule has 96 valence electrons. The molecule has 0 aliphatic heterocycles. The van der Waals surface area contributed by atoms with Gasteiger partial charge >= 0.3 is 6.03 Å². The zero-order valence-corrected chi connectivity index (χ0v) is 10.2. The second-order valence-electron chi connectivity index (χ2n) is 3.78. The molecule has 19 heavy (non-hydrogen) atoms. The van der Waals surface area contributed by atoms with Gasteiger partial charge in [0.05, 0.1) is 5.69 Å². The molecule has 1 heterocycles. The third-order valence-electron chi connectivity index (χ3n) is 2.45. The first-order valence-electron chi connectivity index (χ1n) is 5.75. The van der Waals surface area contributed by atoms with Crippen molar-refractivity contribution in [2.45, 2.75) is 0 Å². The zero-order chi connectivity index (χ0) is 13.5. The number of aromatic nitrogens is 2. The van der Waals surface area contributed by atoms with E-state index in [9.17, 15) is 4.79 Å². The van der Waals surface area contributed by atoms with E-state index in [-0.39, 0.29) is 0 Å². The molecule has 0 unspecified atom stereocenters. The Morgan fingerprint density at radius 2 is 1.89 bits per heavy atom. The van der Waals surface area contributed by atoms with Gasteiger partial charge in [-0.3, -0.25) is 5.10 Å². The summed E-state index contributed by atoms with van der Waals surface area (Å²) < 4.78 is 0. The molecule has 0 fully saturated rings. The number of aromatic amines is 1. The Hall–Kier alpha value is -2.82. The Morgan fingerprint density at radius 3 is 2.53 bits per heavy atom. The average molecular weight is 254 g/mol. The summed E-state index contributed by atoms with van der Waals surface area (Å²) in [6, 6.07) is 14.8. The Morgan fingerprint density at radius 1 is 1.11 bits per heavy atom. The number of fused-ring (bicyclic) bond motifs is 1. The molecular weight excluding hydrogens is 240 g/mol. The fourth-order valence-corrected chi connectivity index (χ4v) is 1.68. The number of rotatable bonds is 1. The van der Waals surface area contributed by atoms with Crippen LogP contribution in [0.25, 0.3) is 10.8 Å². The van der Waals surface area contributed by atoms with Crippen LogP contribution in [-0.4, -0.2) is 16.2 Å². The fourth-order valence-electron chi connectivity index (χ4n) is 1.68. The van der Waals surface area contributed by atoms with Crippen LogP contribution in [0.4, 0.5) is 10.5 Å². The van der Waals surface area contributed by atoms with E-state index in [1.807, 2.05) is 48.5 Å². The molecule has 1 aromatic heterocycles. The molecule has 0 saturated carbocycles. The summed E-state index contributed by atoms with van der Waals surface area (Å²) in [4.78, 5) is 10.7. The van der Waals surface area contributed by atoms with Crippen LogP contribution in [0, 0.1) is 0 Å². The quantitative estimate of drug-likeness (QED) is 0.623. The van der Waals surface area contributed by atoms with E-state index in [0.29, 0.717) is 0 Å². The Kier molecular flexibility index (Phi) is 4.12. The van der Waals surface area contributed by atoms with Crippen molar-refractivity contribution in [2.24, 2.45) is 5.73 Å². The number of carbonyl (C=O) groups is 1. The van der Waals surface area contributed by atoms with Gasteiger partial charge in [0, 0.05) is 17.8 Å². The number of nitrogens with two attached hydrogens (primary N) is 1. The van der Waals surface area contributed by atoms with Crippen molar-refractivity contribution in [3.05, 3.63) is 60.9 Å². The summed E-state index contributed by atoms with van der Waals surface area (Å²) in [7, 11) is 0. The predicted octanol–water partition coefficient (Wildman–Crippen LogP) is 2.74. The van der Waals surface area contributed by atoms with Gasteiger partial charge in [0.2, 0.25) is 0 Å². The number of primary amides is 1. The molecule has 0 aliphatic carbocycles. The monoisotopic (exact) mass is 254 g/mol. The third-order valence-corrected chi connectivity index (χ3v) is 2.45. The number of H-pyrrole nitrogens is 1. The number of hydrogen-bond acceptors (Lipinski definition) is 2. The largest absolute Gasteiger partial charge is 0.351 e. The molecule has 2 amide bonds. The van der Waals surface area contributed by atoms with E-state index in [1.54, 1.807) is 12.4 Å². The van der Waals surface area contributed by atoms with Crippen LogP contribution in [0.3, 0.4) is 0 Å². The van der Waals surface area contributed by atoms with Crippen LogP contribution >= 0.6 is 0 Å².